The molecule has 0 saturated heterocycles. The van der Waals surface area contributed by atoms with Crippen molar-refractivity contribution in [3.8, 4) is 0 Å². The standard InChI is InChI=1S/C11H11ClF4N2/c1-5(2)3-4-17-18-11-9(15)7(13)6(12)8(14)10(11)16/h4-5,18H,3H2,1-2H3. The van der Waals surface area contributed by atoms with Crippen LogP contribution in [0.25, 0.3) is 0 Å². The first-order valence-corrected chi connectivity index (χ1v) is 5.53. The molecule has 0 aliphatic carbocycles. The van der Waals surface area contributed by atoms with E-state index in [1.165, 1.54) is 6.21 Å². The summed E-state index contributed by atoms with van der Waals surface area (Å²) in [4.78, 5) is 0. The van der Waals surface area contributed by atoms with Gasteiger partial charge in [0, 0.05) is 6.21 Å². The van der Waals surface area contributed by atoms with E-state index in [4.69, 9.17) is 11.6 Å². The third kappa shape index (κ3) is 3.13. The summed E-state index contributed by atoms with van der Waals surface area (Å²) in [5.41, 5.74) is 0.921. The fourth-order valence-electron chi connectivity index (χ4n) is 1.08. The van der Waals surface area contributed by atoms with Crippen molar-refractivity contribution in [2.45, 2.75) is 20.3 Å². The van der Waals surface area contributed by atoms with Crippen LogP contribution in [0.3, 0.4) is 0 Å². The van der Waals surface area contributed by atoms with E-state index in [-0.39, 0.29) is 0 Å². The Labute approximate surface area is 107 Å². The zero-order valence-electron chi connectivity index (χ0n) is 9.70. The predicted octanol–water partition coefficient (Wildman–Crippen LogP) is 4.34. The van der Waals surface area contributed by atoms with Crippen molar-refractivity contribution in [1.82, 2.24) is 0 Å². The molecule has 1 aromatic carbocycles. The highest BCUT2D eigenvalue weighted by atomic mass is 35.5. The van der Waals surface area contributed by atoms with Crippen LogP contribution in [0.5, 0.6) is 0 Å². The monoisotopic (exact) mass is 282 g/mol. The highest BCUT2D eigenvalue weighted by molar-refractivity contribution is 6.31. The molecule has 1 rings (SSSR count). The van der Waals surface area contributed by atoms with Gasteiger partial charge in [0.05, 0.1) is 0 Å². The molecule has 0 aliphatic rings. The zero-order valence-corrected chi connectivity index (χ0v) is 10.5. The summed E-state index contributed by atoms with van der Waals surface area (Å²) in [6, 6.07) is 0. The van der Waals surface area contributed by atoms with Crippen LogP contribution in [0.4, 0.5) is 23.2 Å². The van der Waals surface area contributed by atoms with E-state index >= 15 is 0 Å². The van der Waals surface area contributed by atoms with E-state index in [0.29, 0.717) is 12.3 Å². The maximum Gasteiger partial charge on any atom is 0.188 e. The second kappa shape index (κ2) is 6.04. The molecule has 0 heterocycles. The van der Waals surface area contributed by atoms with Crippen molar-refractivity contribution >= 4 is 23.5 Å². The second-order valence-electron chi connectivity index (χ2n) is 4.00. The molecule has 0 atom stereocenters. The summed E-state index contributed by atoms with van der Waals surface area (Å²) < 4.78 is 52.7. The quantitative estimate of drug-likeness (QED) is 0.287. The van der Waals surface area contributed by atoms with Crippen LogP contribution >= 0.6 is 11.6 Å². The average molecular weight is 283 g/mol. The molecule has 0 aromatic heterocycles. The largest absolute Gasteiger partial charge is 0.273 e. The average Bonchev–Trinajstić information content (AvgIpc) is 2.32. The van der Waals surface area contributed by atoms with Gasteiger partial charge in [0.2, 0.25) is 0 Å². The summed E-state index contributed by atoms with van der Waals surface area (Å²) in [5.74, 6) is -6.24. The van der Waals surface area contributed by atoms with Crippen LogP contribution in [-0.4, -0.2) is 6.21 Å². The number of anilines is 1. The summed E-state index contributed by atoms with van der Waals surface area (Å²) in [6.07, 6.45) is 1.91. The van der Waals surface area contributed by atoms with Gasteiger partial charge in [-0.15, -0.1) is 0 Å². The second-order valence-corrected chi connectivity index (χ2v) is 4.38. The van der Waals surface area contributed by atoms with Crippen LogP contribution in [0.1, 0.15) is 20.3 Å². The van der Waals surface area contributed by atoms with E-state index in [1.54, 1.807) is 0 Å². The number of hydrogen-bond donors (Lipinski definition) is 1. The van der Waals surface area contributed by atoms with Gasteiger partial charge in [-0.3, -0.25) is 5.43 Å². The van der Waals surface area contributed by atoms with E-state index in [1.807, 2.05) is 19.3 Å². The molecule has 0 fully saturated rings. The first-order valence-electron chi connectivity index (χ1n) is 5.15. The van der Waals surface area contributed by atoms with Gasteiger partial charge in [-0.05, 0) is 12.3 Å². The Balaban J connectivity index is 3.00. The number of hydrogen-bond acceptors (Lipinski definition) is 2. The van der Waals surface area contributed by atoms with E-state index in [2.05, 4.69) is 5.10 Å². The molecule has 2 nitrogen and oxygen atoms in total. The van der Waals surface area contributed by atoms with Crippen LogP contribution in [0.2, 0.25) is 5.02 Å². The first kappa shape index (κ1) is 14.8. The van der Waals surface area contributed by atoms with Crippen molar-refractivity contribution in [3.63, 3.8) is 0 Å². The number of nitrogens with zero attached hydrogens (tertiary/aromatic N) is 1. The molecule has 0 amide bonds. The number of halogens is 5. The van der Waals surface area contributed by atoms with Gasteiger partial charge in [0.25, 0.3) is 0 Å². The summed E-state index contributed by atoms with van der Waals surface area (Å²) in [6.45, 7) is 3.82. The Morgan fingerprint density at radius 2 is 1.61 bits per heavy atom. The molecule has 18 heavy (non-hydrogen) atoms. The van der Waals surface area contributed by atoms with Crippen molar-refractivity contribution in [3.05, 3.63) is 28.3 Å². The molecule has 7 heteroatoms. The molecule has 1 aromatic rings. The van der Waals surface area contributed by atoms with Crippen LogP contribution in [0.15, 0.2) is 5.10 Å². The van der Waals surface area contributed by atoms with Crippen molar-refractivity contribution in [2.24, 2.45) is 11.0 Å². The molecule has 0 saturated carbocycles. The highest BCUT2D eigenvalue weighted by Gasteiger charge is 2.24. The number of rotatable bonds is 4. The van der Waals surface area contributed by atoms with Crippen LogP contribution in [-0.2, 0) is 0 Å². The summed E-state index contributed by atoms with van der Waals surface area (Å²) in [5, 5.41) is 2.26. The SMILES string of the molecule is CC(C)CC=NNc1c(F)c(F)c(Cl)c(F)c1F. The fourth-order valence-corrected chi connectivity index (χ4v) is 1.24. The molecule has 100 valence electrons. The summed E-state index contributed by atoms with van der Waals surface area (Å²) in [7, 11) is 0. The molecule has 1 N–H and O–H groups in total. The predicted molar refractivity (Wildman–Crippen MR) is 62.9 cm³/mol. The number of benzene rings is 1. The molecular formula is C11H11ClF4N2. The fraction of sp³-hybridized carbons (Fsp3) is 0.364. The molecule has 0 aliphatic heterocycles. The lowest BCUT2D eigenvalue weighted by atomic mass is 10.2. The first-order chi connectivity index (χ1) is 8.36. The maximum atomic E-state index is 13.3. The highest BCUT2D eigenvalue weighted by Crippen LogP contribution is 2.30. The van der Waals surface area contributed by atoms with E-state index < -0.39 is 34.0 Å². The normalized spacial score (nSPS) is 11.6. The van der Waals surface area contributed by atoms with Gasteiger partial charge in [0.1, 0.15) is 10.7 Å². The van der Waals surface area contributed by atoms with Crippen molar-refractivity contribution in [2.75, 3.05) is 5.43 Å². The van der Waals surface area contributed by atoms with Crippen LogP contribution < -0.4 is 5.43 Å². The minimum Gasteiger partial charge on any atom is -0.273 e. The van der Waals surface area contributed by atoms with Gasteiger partial charge in [-0.2, -0.15) is 5.10 Å². The Morgan fingerprint density at radius 3 is 2.06 bits per heavy atom. The topological polar surface area (TPSA) is 24.4 Å². The van der Waals surface area contributed by atoms with Gasteiger partial charge < -0.3 is 0 Å². The van der Waals surface area contributed by atoms with Gasteiger partial charge in [-0.1, -0.05) is 25.4 Å². The molecule has 0 spiro atoms. The molecular weight excluding hydrogens is 272 g/mol. The minimum atomic E-state index is -1.66. The lowest BCUT2D eigenvalue weighted by molar-refractivity contribution is 0.459. The number of hydrazone groups is 1. The third-order valence-electron chi connectivity index (χ3n) is 2.05. The van der Waals surface area contributed by atoms with Crippen LogP contribution in [0, 0.1) is 29.2 Å². The maximum absolute atomic E-state index is 13.3. The van der Waals surface area contributed by atoms with Gasteiger partial charge in [-0.25, -0.2) is 17.6 Å². The molecule has 0 radical (unpaired) electrons. The van der Waals surface area contributed by atoms with Gasteiger partial charge >= 0.3 is 0 Å². The molecule has 0 unspecified atom stereocenters. The Hall–Kier alpha value is -1.30. The van der Waals surface area contributed by atoms with Gasteiger partial charge in [0.15, 0.2) is 23.3 Å². The zero-order chi connectivity index (χ0) is 13.9. The smallest absolute Gasteiger partial charge is 0.188 e. The van der Waals surface area contributed by atoms with E-state index in [0.717, 1.165) is 0 Å². The third-order valence-corrected chi connectivity index (χ3v) is 2.39. The molecule has 0 bridgehead atoms. The Kier molecular flexibility index (Phi) is 4.95. The van der Waals surface area contributed by atoms with E-state index in [9.17, 15) is 17.6 Å². The number of nitrogens with one attached hydrogen (secondary N) is 1. The lowest BCUT2D eigenvalue weighted by Gasteiger charge is -2.07. The lowest BCUT2D eigenvalue weighted by Crippen LogP contribution is -2.04. The van der Waals surface area contributed by atoms with Crippen molar-refractivity contribution in [1.29, 1.82) is 0 Å². The Bertz CT molecular complexity index is 446. The Morgan fingerprint density at radius 1 is 1.11 bits per heavy atom. The van der Waals surface area contributed by atoms with Crippen molar-refractivity contribution < 1.29 is 17.6 Å². The minimum absolute atomic E-state index is 0.295. The summed E-state index contributed by atoms with van der Waals surface area (Å²) >= 11 is 5.07.